The number of piperidine rings is 1. The molecule has 1 amide bonds. The Labute approximate surface area is 137 Å². The van der Waals surface area contributed by atoms with Crippen LogP contribution in [0.3, 0.4) is 0 Å². The van der Waals surface area contributed by atoms with Gasteiger partial charge in [0, 0.05) is 37.7 Å². The maximum atomic E-state index is 12.5. The van der Waals surface area contributed by atoms with Gasteiger partial charge in [-0.3, -0.25) is 14.6 Å². The van der Waals surface area contributed by atoms with E-state index in [1.807, 2.05) is 4.90 Å². The van der Waals surface area contributed by atoms with Gasteiger partial charge in [0.1, 0.15) is 0 Å². The van der Waals surface area contributed by atoms with Gasteiger partial charge in [0.25, 0.3) is 0 Å². The molecule has 0 saturated carbocycles. The second-order valence-corrected chi connectivity index (χ2v) is 7.34. The molecule has 1 aromatic rings. The summed E-state index contributed by atoms with van der Waals surface area (Å²) in [6.07, 6.45) is 7.02. The first-order chi connectivity index (χ1) is 11.2. The smallest absolute Gasteiger partial charge is 0.228 e. The van der Waals surface area contributed by atoms with Gasteiger partial charge in [-0.1, -0.05) is 35.9 Å². The predicted molar refractivity (Wildman–Crippen MR) is 91.2 cm³/mol. The van der Waals surface area contributed by atoms with Crippen molar-refractivity contribution in [2.45, 2.75) is 38.1 Å². The molecule has 2 saturated heterocycles. The van der Waals surface area contributed by atoms with Gasteiger partial charge in [-0.05, 0) is 31.4 Å². The number of para-hydroxylation sites is 1. The Bertz CT molecular complexity index is 778. The number of benzene rings is 1. The largest absolute Gasteiger partial charge is 0.295 e. The van der Waals surface area contributed by atoms with Gasteiger partial charge in [0.2, 0.25) is 5.91 Å². The number of carbonyl (C=O) groups is 1. The van der Waals surface area contributed by atoms with Crippen LogP contribution in [-0.4, -0.2) is 29.9 Å². The van der Waals surface area contributed by atoms with Crippen molar-refractivity contribution in [3.63, 3.8) is 0 Å². The standard InChI is InChI=1S/C20H22N2O/c1-3-14-12-21-9-8-20-16-6-4-5-7-17(16)22(13(2)23)19(20)11-15(14)10-18(20)21/h3-7,11,15,18H,8-10,12H2,1-2H3/b14-3-/t15-,18+,20-/m1/s1. The quantitative estimate of drug-likeness (QED) is 0.687. The maximum Gasteiger partial charge on any atom is 0.228 e. The minimum atomic E-state index is 0.0397. The minimum absolute atomic E-state index is 0.0397. The van der Waals surface area contributed by atoms with Crippen LogP contribution in [0.15, 0.2) is 47.7 Å². The van der Waals surface area contributed by atoms with Crippen LogP contribution in [-0.2, 0) is 10.2 Å². The van der Waals surface area contributed by atoms with Crippen LogP contribution >= 0.6 is 0 Å². The van der Waals surface area contributed by atoms with Crippen LogP contribution in [0.2, 0.25) is 0 Å². The van der Waals surface area contributed by atoms with E-state index >= 15 is 0 Å². The van der Waals surface area contributed by atoms with E-state index in [9.17, 15) is 4.79 Å². The number of hydrogen-bond acceptors (Lipinski definition) is 2. The van der Waals surface area contributed by atoms with Crippen LogP contribution in [0.4, 0.5) is 5.69 Å². The Hall–Kier alpha value is -1.87. The van der Waals surface area contributed by atoms with Gasteiger partial charge in [0.15, 0.2) is 0 Å². The third-order valence-electron chi connectivity index (χ3n) is 6.51. The Morgan fingerprint density at radius 3 is 2.96 bits per heavy atom. The van der Waals surface area contributed by atoms with E-state index in [4.69, 9.17) is 0 Å². The molecule has 3 atom stereocenters. The number of allylic oxidation sites excluding steroid dienone is 2. The van der Waals surface area contributed by atoms with Gasteiger partial charge in [-0.2, -0.15) is 0 Å². The van der Waals surface area contributed by atoms with Crippen molar-refractivity contribution in [3.8, 4) is 0 Å². The first-order valence-corrected chi connectivity index (χ1v) is 8.68. The van der Waals surface area contributed by atoms with Crippen LogP contribution in [0.5, 0.6) is 0 Å². The third kappa shape index (κ3) is 1.47. The molecule has 1 spiro atoms. The van der Waals surface area contributed by atoms with Crippen LogP contribution in [0.1, 0.15) is 32.3 Å². The maximum absolute atomic E-state index is 12.5. The highest BCUT2D eigenvalue weighted by Crippen LogP contribution is 2.61. The van der Waals surface area contributed by atoms with E-state index in [1.165, 1.54) is 23.3 Å². The van der Waals surface area contributed by atoms with Crippen LogP contribution in [0.25, 0.3) is 0 Å². The van der Waals surface area contributed by atoms with E-state index < -0.39 is 0 Å². The summed E-state index contributed by atoms with van der Waals surface area (Å²) in [5, 5.41) is 0. The molecular formula is C20H22N2O. The molecule has 118 valence electrons. The lowest BCUT2D eigenvalue weighted by Gasteiger charge is -2.47. The van der Waals surface area contributed by atoms with E-state index in [1.54, 1.807) is 6.92 Å². The van der Waals surface area contributed by atoms with Crippen molar-refractivity contribution < 1.29 is 4.79 Å². The van der Waals surface area contributed by atoms with Gasteiger partial charge in [0.05, 0.1) is 11.1 Å². The molecular weight excluding hydrogens is 284 g/mol. The van der Waals surface area contributed by atoms with Crippen molar-refractivity contribution in [2.24, 2.45) is 5.92 Å². The lowest BCUT2D eigenvalue weighted by Crippen LogP contribution is -2.52. The molecule has 23 heavy (non-hydrogen) atoms. The zero-order valence-corrected chi connectivity index (χ0v) is 13.7. The second kappa shape index (κ2) is 4.35. The molecule has 0 aromatic heterocycles. The Morgan fingerprint density at radius 1 is 1.35 bits per heavy atom. The van der Waals surface area contributed by atoms with Crippen molar-refractivity contribution in [3.05, 3.63) is 53.3 Å². The molecule has 3 nitrogen and oxygen atoms in total. The monoisotopic (exact) mass is 306 g/mol. The lowest BCUT2D eigenvalue weighted by atomic mass is 9.64. The van der Waals surface area contributed by atoms with E-state index in [-0.39, 0.29) is 11.3 Å². The van der Waals surface area contributed by atoms with Gasteiger partial charge < -0.3 is 0 Å². The summed E-state index contributed by atoms with van der Waals surface area (Å²) in [5.41, 5.74) is 5.30. The second-order valence-electron chi connectivity index (χ2n) is 7.34. The fourth-order valence-electron chi connectivity index (χ4n) is 5.60. The first-order valence-electron chi connectivity index (χ1n) is 8.68. The van der Waals surface area contributed by atoms with Gasteiger partial charge in [-0.25, -0.2) is 0 Å². The Morgan fingerprint density at radius 2 is 2.17 bits per heavy atom. The summed E-state index contributed by atoms with van der Waals surface area (Å²) in [4.78, 5) is 17.1. The molecule has 0 radical (unpaired) electrons. The number of anilines is 1. The third-order valence-corrected chi connectivity index (χ3v) is 6.51. The summed E-state index contributed by atoms with van der Waals surface area (Å²) >= 11 is 0. The van der Waals surface area contributed by atoms with Crippen LogP contribution < -0.4 is 4.90 Å². The van der Waals surface area contributed by atoms with E-state index in [0.717, 1.165) is 25.2 Å². The highest BCUT2D eigenvalue weighted by atomic mass is 16.2. The number of carbonyl (C=O) groups excluding carboxylic acids is 1. The first kappa shape index (κ1) is 13.6. The van der Waals surface area contributed by atoms with Crippen molar-refractivity contribution in [1.29, 1.82) is 0 Å². The number of nitrogens with zero attached hydrogens (tertiary/aromatic N) is 2. The molecule has 2 bridgehead atoms. The topological polar surface area (TPSA) is 23.6 Å². The predicted octanol–water partition coefficient (Wildman–Crippen LogP) is 3.23. The Balaban J connectivity index is 1.81. The van der Waals surface area contributed by atoms with Crippen molar-refractivity contribution >= 4 is 11.6 Å². The zero-order valence-electron chi connectivity index (χ0n) is 13.7. The normalized spacial score (nSPS) is 36.0. The molecule has 3 heterocycles. The molecule has 0 unspecified atom stereocenters. The highest BCUT2D eigenvalue weighted by Gasteiger charge is 2.61. The molecule has 2 fully saturated rings. The minimum Gasteiger partial charge on any atom is -0.295 e. The zero-order chi connectivity index (χ0) is 15.8. The fraction of sp³-hybridized carbons (Fsp3) is 0.450. The van der Waals surface area contributed by atoms with Crippen molar-refractivity contribution in [2.75, 3.05) is 18.0 Å². The Kier molecular flexibility index (Phi) is 2.57. The van der Waals surface area contributed by atoms with Gasteiger partial charge >= 0.3 is 0 Å². The van der Waals surface area contributed by atoms with Crippen LogP contribution in [0, 0.1) is 5.92 Å². The van der Waals surface area contributed by atoms with Gasteiger partial charge in [-0.15, -0.1) is 0 Å². The number of hydrogen-bond donors (Lipinski definition) is 0. The average molecular weight is 306 g/mol. The summed E-state index contributed by atoms with van der Waals surface area (Å²) < 4.78 is 0. The molecule has 1 aromatic carbocycles. The summed E-state index contributed by atoms with van der Waals surface area (Å²) in [5.74, 6) is 0.639. The van der Waals surface area contributed by atoms with E-state index in [0.29, 0.717) is 12.0 Å². The molecule has 3 heteroatoms. The summed E-state index contributed by atoms with van der Waals surface area (Å²) in [6.45, 7) is 6.08. The molecule has 5 rings (SSSR count). The number of amides is 1. The number of rotatable bonds is 0. The summed E-state index contributed by atoms with van der Waals surface area (Å²) in [6, 6.07) is 9.10. The SMILES string of the molecule is C/C=C1/CN2CC[C@]34C(=C[C@H]1C[C@H]23)N(C(C)=O)c1ccccc14. The molecule has 4 aliphatic rings. The molecule has 3 aliphatic heterocycles. The van der Waals surface area contributed by atoms with E-state index in [2.05, 4.69) is 48.2 Å². The number of fused-ring (bicyclic) bond motifs is 2. The highest BCUT2D eigenvalue weighted by molar-refractivity contribution is 5.99. The van der Waals surface area contributed by atoms with Crippen molar-refractivity contribution in [1.82, 2.24) is 4.90 Å². The molecule has 1 aliphatic carbocycles. The lowest BCUT2D eigenvalue weighted by molar-refractivity contribution is -0.116. The molecule has 0 N–H and O–H groups in total. The fourth-order valence-corrected chi connectivity index (χ4v) is 5.60. The average Bonchev–Trinajstić information content (AvgIpc) is 3.08. The summed E-state index contributed by atoms with van der Waals surface area (Å²) in [7, 11) is 0.